The molecule has 0 aromatic rings. The van der Waals surface area contributed by atoms with Gasteiger partial charge in [-0.25, -0.2) is 0 Å². The van der Waals surface area contributed by atoms with Crippen LogP contribution in [0.1, 0.15) is 0 Å². The summed E-state index contributed by atoms with van der Waals surface area (Å²) in [5.41, 5.74) is 2.27. The SMILES string of the molecule is C#C[Si]O[C-]=[O+]C. The molecule has 0 rings (SSSR count). The van der Waals surface area contributed by atoms with Crippen molar-refractivity contribution in [1.82, 2.24) is 0 Å². The minimum absolute atomic E-state index is 0.0134. The van der Waals surface area contributed by atoms with Crippen LogP contribution < -0.4 is 0 Å². The van der Waals surface area contributed by atoms with Crippen LogP contribution in [0.2, 0.25) is 0 Å². The zero-order valence-electron chi connectivity index (χ0n) is 3.89. The summed E-state index contributed by atoms with van der Waals surface area (Å²) in [6, 6.07) is 0. The smallest absolute Gasteiger partial charge is 0.577 e. The quantitative estimate of drug-likeness (QED) is 0.154. The molecule has 7 heavy (non-hydrogen) atoms. The van der Waals surface area contributed by atoms with Crippen LogP contribution in [0, 0.1) is 12.0 Å². The van der Waals surface area contributed by atoms with Crippen molar-refractivity contribution in [3.63, 3.8) is 0 Å². The van der Waals surface area contributed by atoms with Crippen LogP contribution in [0.4, 0.5) is 0 Å². The van der Waals surface area contributed by atoms with E-state index in [1.807, 2.05) is 0 Å². The summed E-state index contributed by atoms with van der Waals surface area (Å²) in [5.74, 6) is 0. The number of rotatable bonds is 2. The summed E-state index contributed by atoms with van der Waals surface area (Å²) < 4.78 is 8.73. The van der Waals surface area contributed by atoms with Gasteiger partial charge in [0.2, 0.25) is 0 Å². The maximum absolute atomic E-state index is 4.81. The molecule has 0 amide bonds. The van der Waals surface area contributed by atoms with Gasteiger partial charge < -0.3 is 8.85 Å². The molecule has 2 radical (unpaired) electrons. The highest BCUT2D eigenvalue weighted by Gasteiger charge is 1.79. The molecular formula is C4H4O2Si. The third-order valence-electron chi connectivity index (χ3n) is 0.235. The van der Waals surface area contributed by atoms with Gasteiger partial charge in [0.05, 0.1) is 0 Å². The molecule has 0 aliphatic heterocycles. The second-order valence-corrected chi connectivity index (χ2v) is 1.33. The number of hydrogen-bond acceptors (Lipinski definition) is 1. The van der Waals surface area contributed by atoms with Crippen molar-refractivity contribution in [2.45, 2.75) is 0 Å². The molecule has 0 aromatic carbocycles. The topological polar surface area (TPSA) is 20.5 Å². The molecule has 0 saturated carbocycles. The van der Waals surface area contributed by atoms with E-state index in [1.54, 1.807) is 0 Å². The lowest BCUT2D eigenvalue weighted by molar-refractivity contribution is 0.158. The third-order valence-corrected chi connectivity index (χ3v) is 0.538. The average Bonchev–Trinajstić information content (AvgIpc) is 1.69. The van der Waals surface area contributed by atoms with Gasteiger partial charge in [0.15, 0.2) is 0 Å². The second kappa shape index (κ2) is 5.25. The van der Waals surface area contributed by atoms with E-state index in [-0.39, 0.29) is 9.76 Å². The normalized spacial score (nSPS) is 8.57. The maximum atomic E-state index is 4.81. The summed E-state index contributed by atoms with van der Waals surface area (Å²) in [6.45, 7) is 2.12. The van der Waals surface area contributed by atoms with E-state index in [0.29, 0.717) is 0 Å². The number of carbonyl (C=O) groups excluding carboxylic acids is 1. The summed E-state index contributed by atoms with van der Waals surface area (Å²) >= 11 is 0. The lowest BCUT2D eigenvalue weighted by Gasteiger charge is -1.85. The van der Waals surface area contributed by atoms with Gasteiger partial charge in [-0.2, -0.15) is 0 Å². The van der Waals surface area contributed by atoms with Gasteiger partial charge in [0, 0.05) is 0 Å². The molecule has 0 aliphatic carbocycles. The maximum Gasteiger partial charge on any atom is 0.577 e. The molecule has 0 aromatic heterocycles. The molecule has 0 heterocycles. The highest BCUT2D eigenvalue weighted by molar-refractivity contribution is 6.40. The van der Waals surface area contributed by atoms with Crippen LogP contribution >= 0.6 is 0 Å². The van der Waals surface area contributed by atoms with E-state index in [0.717, 1.165) is 0 Å². The largest absolute Gasteiger partial charge is 0.584 e. The van der Waals surface area contributed by atoms with Gasteiger partial charge in [-0.1, -0.05) is 5.54 Å². The van der Waals surface area contributed by atoms with Gasteiger partial charge in [0.1, 0.15) is 13.6 Å². The summed E-state index contributed by atoms with van der Waals surface area (Å²) in [4.78, 5) is 0. The standard InChI is InChI=1S/C4H4O2Si/c1-3-7-6-4-5-2/h1H,2H3. The Balaban J connectivity index is 2.87. The first kappa shape index (κ1) is 6.25. The Morgan fingerprint density at radius 1 is 2.00 bits per heavy atom. The van der Waals surface area contributed by atoms with E-state index in [9.17, 15) is 0 Å². The first-order valence-corrected chi connectivity index (χ1v) is 2.47. The molecule has 3 heteroatoms. The van der Waals surface area contributed by atoms with E-state index < -0.39 is 0 Å². The van der Waals surface area contributed by atoms with Crippen LogP contribution in [0.5, 0.6) is 0 Å². The first-order chi connectivity index (χ1) is 3.41. The number of terminal acetylenes is 1. The molecule has 0 spiro atoms. The predicted octanol–water partition coefficient (Wildman–Crippen LogP) is -0.554. The van der Waals surface area contributed by atoms with E-state index >= 15 is 0 Å². The van der Waals surface area contributed by atoms with Gasteiger partial charge in [-0.15, -0.1) is 6.42 Å². The Morgan fingerprint density at radius 2 is 2.71 bits per heavy atom. The third kappa shape index (κ3) is 5.25. The minimum Gasteiger partial charge on any atom is -0.584 e. The molecule has 0 N–H and O–H groups in total. The molecule has 0 atom stereocenters. The summed E-state index contributed by atoms with van der Waals surface area (Å²) in [5, 5.41) is 0. The fourth-order valence-corrected chi connectivity index (χ4v) is 0.276. The Hall–Kier alpha value is -0.753. The van der Waals surface area contributed by atoms with E-state index in [2.05, 4.69) is 20.9 Å². The average molecular weight is 112 g/mol. The van der Waals surface area contributed by atoms with Crippen molar-refractivity contribution in [1.29, 1.82) is 0 Å². The Labute approximate surface area is 45.1 Å². The van der Waals surface area contributed by atoms with Gasteiger partial charge in [-0.3, -0.25) is 0 Å². The Kier molecular flexibility index (Phi) is 4.68. The Morgan fingerprint density at radius 3 is 3.14 bits per heavy atom. The highest BCUT2D eigenvalue weighted by Crippen LogP contribution is 1.54. The molecule has 0 fully saturated rings. The summed E-state index contributed by atoms with van der Waals surface area (Å²) in [6.07, 6.45) is 4.81. The van der Waals surface area contributed by atoms with Crippen LogP contribution in [-0.2, 0) is 8.85 Å². The Bertz CT molecular complexity index is 92.4. The molecule has 0 saturated heterocycles. The highest BCUT2D eigenvalue weighted by atomic mass is 28.2. The lowest BCUT2D eigenvalue weighted by Crippen LogP contribution is -1.92. The van der Waals surface area contributed by atoms with Crippen LogP contribution in [0.3, 0.4) is 0 Å². The van der Waals surface area contributed by atoms with Crippen molar-refractivity contribution >= 4 is 16.2 Å². The van der Waals surface area contributed by atoms with Crippen molar-refractivity contribution in [3.8, 4) is 12.0 Å². The van der Waals surface area contributed by atoms with E-state index in [1.165, 1.54) is 7.11 Å². The molecule has 0 aliphatic rings. The number of hydrogen-bond donors (Lipinski definition) is 0. The molecule has 0 unspecified atom stereocenters. The fraction of sp³-hybridized carbons (Fsp3) is 0.250. The van der Waals surface area contributed by atoms with Crippen LogP contribution in [-0.4, -0.2) is 23.3 Å². The van der Waals surface area contributed by atoms with Gasteiger partial charge in [0.25, 0.3) is 0 Å². The zero-order chi connectivity index (χ0) is 5.54. The zero-order valence-corrected chi connectivity index (χ0v) is 4.89. The van der Waals surface area contributed by atoms with Crippen molar-refractivity contribution in [3.05, 3.63) is 0 Å². The minimum atomic E-state index is 0.0134. The summed E-state index contributed by atoms with van der Waals surface area (Å²) in [7, 11) is 1.46. The van der Waals surface area contributed by atoms with Crippen LogP contribution in [0.25, 0.3) is 0 Å². The predicted molar refractivity (Wildman–Crippen MR) is 27.3 cm³/mol. The first-order valence-electron chi connectivity index (χ1n) is 1.56. The van der Waals surface area contributed by atoms with Crippen molar-refractivity contribution in [2.24, 2.45) is 0 Å². The molecule has 2 nitrogen and oxygen atoms in total. The molecule has 0 bridgehead atoms. The van der Waals surface area contributed by atoms with Gasteiger partial charge in [-0.05, 0) is 0 Å². The molecular weight excluding hydrogens is 108 g/mol. The lowest BCUT2D eigenvalue weighted by atomic mass is 11.4. The van der Waals surface area contributed by atoms with E-state index in [4.69, 9.17) is 6.42 Å². The fourth-order valence-electron chi connectivity index (χ4n) is 0.0920. The monoisotopic (exact) mass is 112 g/mol. The van der Waals surface area contributed by atoms with Gasteiger partial charge >= 0.3 is 9.76 Å². The second-order valence-electron chi connectivity index (χ2n) is 0.636. The van der Waals surface area contributed by atoms with Crippen LogP contribution in [0.15, 0.2) is 0 Å². The van der Waals surface area contributed by atoms with Crippen molar-refractivity contribution < 1.29 is 8.85 Å². The molecule has 36 valence electrons. The van der Waals surface area contributed by atoms with Crippen molar-refractivity contribution in [2.75, 3.05) is 7.11 Å².